The number of rotatable bonds is 9. The summed E-state index contributed by atoms with van der Waals surface area (Å²) in [5.74, 6) is -4.21. The lowest BCUT2D eigenvalue weighted by molar-refractivity contribution is -0.286. The molecule has 0 unspecified atom stereocenters. The van der Waals surface area contributed by atoms with Gasteiger partial charge in [0.25, 0.3) is 5.91 Å². The normalized spacial score (nSPS) is 15.1. The minimum Gasteiger partial charge on any atom is -0.491 e. The third kappa shape index (κ3) is 6.10. The molecule has 0 saturated carbocycles. The molecule has 0 saturated heterocycles. The molecule has 2 amide bonds. The molecule has 1 atom stereocenters. The number of nitrogens with two attached hydrogens (primary N) is 2. The SMILES string of the molecule is CCOc1c(CC(N)=O)cc([C@@](O)(CNC(=O)c2cc(F)c3nc(N)sc3c2)C(F)(F)F)nc1-c1ccc2c(c1)OC(F)(F)O2. The molecule has 0 spiro atoms. The highest BCUT2D eigenvalue weighted by molar-refractivity contribution is 7.22. The van der Waals surface area contributed by atoms with E-state index in [4.69, 9.17) is 16.2 Å². The highest BCUT2D eigenvalue weighted by Crippen LogP contribution is 2.46. The van der Waals surface area contributed by atoms with Gasteiger partial charge in [0.2, 0.25) is 11.5 Å². The number of aliphatic hydroxyl groups is 1. The molecular formula is C27H21F6N5O6S. The van der Waals surface area contributed by atoms with Gasteiger partial charge >= 0.3 is 12.5 Å². The summed E-state index contributed by atoms with van der Waals surface area (Å²) in [5, 5.41) is 13.1. The van der Waals surface area contributed by atoms with E-state index in [9.17, 15) is 41.0 Å². The smallest absolute Gasteiger partial charge is 0.491 e. The number of amides is 2. The summed E-state index contributed by atoms with van der Waals surface area (Å²) < 4.78 is 100. The molecule has 11 nitrogen and oxygen atoms in total. The number of nitrogens with zero attached hydrogens (tertiary/aromatic N) is 2. The van der Waals surface area contributed by atoms with Crippen LogP contribution in [0.2, 0.25) is 0 Å². The Kier molecular flexibility index (Phi) is 7.90. The number of ether oxygens (including phenoxy) is 3. The molecule has 45 heavy (non-hydrogen) atoms. The van der Waals surface area contributed by atoms with E-state index < -0.39 is 65.8 Å². The number of primary amides is 1. The average Bonchev–Trinajstić information content (AvgIpc) is 3.48. The lowest BCUT2D eigenvalue weighted by Crippen LogP contribution is -2.51. The summed E-state index contributed by atoms with van der Waals surface area (Å²) in [6.45, 7) is -0.0772. The molecule has 0 radical (unpaired) electrons. The maximum Gasteiger partial charge on any atom is 0.586 e. The standard InChI is InChI=1S/C27H21F6N5O6S/c1-2-42-22-12(9-19(34)39)8-18(37-20(22)11-3-4-15-16(6-11)44-27(32,33)43-15)25(41,26(29,30)31)10-36-23(40)13-5-14(28)21-17(7-13)45-24(35)38-21/h3-8,41H,2,9-10H2,1H3,(H2,34,39)(H2,35,38)(H,36,40)/t25-/m0/s1. The highest BCUT2D eigenvalue weighted by atomic mass is 32.1. The fraction of sp³-hybridized carbons (Fsp3) is 0.259. The molecule has 4 aromatic rings. The lowest BCUT2D eigenvalue weighted by atomic mass is 9.93. The molecule has 6 N–H and O–H groups in total. The van der Waals surface area contributed by atoms with Gasteiger partial charge in [0, 0.05) is 16.7 Å². The van der Waals surface area contributed by atoms with Crippen LogP contribution < -0.4 is 31.0 Å². The first-order chi connectivity index (χ1) is 21.0. The van der Waals surface area contributed by atoms with Gasteiger partial charge in [0.15, 0.2) is 22.4 Å². The van der Waals surface area contributed by atoms with Crippen molar-refractivity contribution in [3.63, 3.8) is 0 Å². The Labute approximate surface area is 252 Å². The van der Waals surface area contributed by atoms with Gasteiger partial charge in [0.05, 0.1) is 30.0 Å². The molecule has 0 fully saturated rings. The van der Waals surface area contributed by atoms with Crippen molar-refractivity contribution in [2.75, 3.05) is 18.9 Å². The number of thiazole rings is 1. The average molecular weight is 658 g/mol. The second-order valence-corrected chi connectivity index (χ2v) is 10.7. The van der Waals surface area contributed by atoms with Crippen molar-refractivity contribution >= 4 is 38.5 Å². The van der Waals surface area contributed by atoms with Crippen LogP contribution in [0.5, 0.6) is 17.2 Å². The van der Waals surface area contributed by atoms with Crippen molar-refractivity contribution in [3.8, 4) is 28.5 Å². The minimum atomic E-state index is -5.50. The number of carbonyl (C=O) groups excluding carboxylic acids is 2. The zero-order chi connectivity index (χ0) is 32.9. The zero-order valence-electron chi connectivity index (χ0n) is 22.8. The number of nitrogen functional groups attached to an aromatic ring is 1. The first-order valence-corrected chi connectivity index (χ1v) is 13.6. The van der Waals surface area contributed by atoms with Gasteiger partial charge in [-0.2, -0.15) is 13.2 Å². The van der Waals surface area contributed by atoms with E-state index in [1.165, 1.54) is 6.92 Å². The molecule has 3 heterocycles. The molecule has 2 aromatic heterocycles. The highest BCUT2D eigenvalue weighted by Gasteiger charge is 2.57. The summed E-state index contributed by atoms with van der Waals surface area (Å²) in [6, 6.07) is 5.83. The fourth-order valence-corrected chi connectivity index (χ4v) is 5.29. The van der Waals surface area contributed by atoms with Gasteiger partial charge in [-0.15, -0.1) is 8.78 Å². The van der Waals surface area contributed by atoms with Crippen LogP contribution in [0.25, 0.3) is 21.5 Å². The largest absolute Gasteiger partial charge is 0.586 e. The van der Waals surface area contributed by atoms with Crippen LogP contribution in [-0.2, 0) is 16.8 Å². The van der Waals surface area contributed by atoms with Crippen LogP contribution in [0.1, 0.15) is 28.5 Å². The van der Waals surface area contributed by atoms with E-state index in [1.807, 2.05) is 5.32 Å². The van der Waals surface area contributed by atoms with Gasteiger partial charge in [-0.3, -0.25) is 9.59 Å². The number of fused-ring (bicyclic) bond motifs is 2. The molecule has 238 valence electrons. The van der Waals surface area contributed by atoms with Gasteiger partial charge < -0.3 is 36.1 Å². The van der Waals surface area contributed by atoms with Crippen molar-refractivity contribution in [3.05, 3.63) is 59.0 Å². The van der Waals surface area contributed by atoms with Crippen LogP contribution in [0.4, 0.5) is 31.5 Å². The second kappa shape index (κ2) is 11.3. The zero-order valence-corrected chi connectivity index (χ0v) is 23.6. The first kappa shape index (κ1) is 31.6. The Morgan fingerprint density at radius 3 is 2.49 bits per heavy atom. The Balaban J connectivity index is 1.59. The predicted molar refractivity (Wildman–Crippen MR) is 146 cm³/mol. The molecule has 0 aliphatic carbocycles. The van der Waals surface area contributed by atoms with Gasteiger partial charge in [0.1, 0.15) is 17.0 Å². The number of halogens is 6. The number of benzene rings is 2. The minimum absolute atomic E-state index is 0.00628. The maximum absolute atomic E-state index is 14.6. The van der Waals surface area contributed by atoms with Crippen molar-refractivity contribution in [2.24, 2.45) is 5.73 Å². The summed E-state index contributed by atoms with van der Waals surface area (Å²) in [6.07, 6.45) is -10.2. The number of carbonyl (C=O) groups is 2. The monoisotopic (exact) mass is 657 g/mol. The third-order valence-corrected chi connectivity index (χ3v) is 7.33. The Hall–Kier alpha value is -4.84. The number of alkyl halides is 5. The summed E-state index contributed by atoms with van der Waals surface area (Å²) >= 11 is 0.840. The Bertz CT molecular complexity index is 1830. The number of anilines is 1. The first-order valence-electron chi connectivity index (χ1n) is 12.8. The van der Waals surface area contributed by atoms with Crippen LogP contribution in [0.15, 0.2) is 36.4 Å². The van der Waals surface area contributed by atoms with Gasteiger partial charge in [-0.25, -0.2) is 14.4 Å². The van der Waals surface area contributed by atoms with E-state index >= 15 is 0 Å². The maximum atomic E-state index is 14.6. The number of hydrogen-bond donors (Lipinski definition) is 4. The predicted octanol–water partition coefficient (Wildman–Crippen LogP) is 4.01. The molecular weight excluding hydrogens is 636 g/mol. The number of hydrogen-bond acceptors (Lipinski definition) is 10. The van der Waals surface area contributed by atoms with E-state index in [2.05, 4.69) is 19.4 Å². The van der Waals surface area contributed by atoms with Crippen molar-refractivity contribution in [1.29, 1.82) is 0 Å². The van der Waals surface area contributed by atoms with E-state index in [-0.39, 0.29) is 50.1 Å². The van der Waals surface area contributed by atoms with Gasteiger partial charge in [-0.1, -0.05) is 11.3 Å². The second-order valence-electron chi connectivity index (χ2n) is 9.65. The van der Waals surface area contributed by atoms with Crippen molar-refractivity contribution in [1.82, 2.24) is 15.3 Å². The molecule has 18 heteroatoms. The van der Waals surface area contributed by atoms with Crippen LogP contribution in [0.3, 0.4) is 0 Å². The quantitative estimate of drug-likeness (QED) is 0.194. The molecule has 1 aliphatic heterocycles. The van der Waals surface area contributed by atoms with Crippen LogP contribution in [0, 0.1) is 5.82 Å². The molecule has 1 aliphatic rings. The number of pyridine rings is 1. The summed E-state index contributed by atoms with van der Waals surface area (Å²) in [7, 11) is 0. The Morgan fingerprint density at radius 1 is 1.11 bits per heavy atom. The van der Waals surface area contributed by atoms with Crippen molar-refractivity contribution in [2.45, 2.75) is 31.4 Å². The number of nitrogens with one attached hydrogen (secondary N) is 1. The summed E-state index contributed by atoms with van der Waals surface area (Å²) in [4.78, 5) is 32.5. The molecule has 5 rings (SSSR count). The summed E-state index contributed by atoms with van der Waals surface area (Å²) in [5.41, 5.74) is 4.59. The van der Waals surface area contributed by atoms with E-state index in [0.717, 1.165) is 47.7 Å². The molecule has 2 aromatic carbocycles. The molecule has 0 bridgehead atoms. The lowest BCUT2D eigenvalue weighted by Gasteiger charge is -2.31. The van der Waals surface area contributed by atoms with Gasteiger partial charge in [-0.05, 0) is 43.3 Å². The van der Waals surface area contributed by atoms with Crippen LogP contribution >= 0.6 is 11.3 Å². The Morgan fingerprint density at radius 2 is 1.82 bits per heavy atom. The van der Waals surface area contributed by atoms with E-state index in [1.54, 1.807) is 0 Å². The number of aromatic nitrogens is 2. The fourth-order valence-electron chi connectivity index (χ4n) is 4.50. The third-order valence-electron chi connectivity index (χ3n) is 6.50. The topological polar surface area (TPSA) is 172 Å². The van der Waals surface area contributed by atoms with E-state index in [0.29, 0.717) is 0 Å². The van der Waals surface area contributed by atoms with Crippen LogP contribution in [-0.4, -0.2) is 52.5 Å². The van der Waals surface area contributed by atoms with Crippen molar-refractivity contribution < 1.29 is 55.2 Å².